The number of anilines is 1. The fraction of sp³-hybridized carbons (Fsp3) is 0.357. The van der Waals surface area contributed by atoms with Gasteiger partial charge in [0.2, 0.25) is 0 Å². The Balaban J connectivity index is 2.11. The van der Waals surface area contributed by atoms with Gasteiger partial charge in [-0.15, -0.1) is 0 Å². The lowest BCUT2D eigenvalue weighted by molar-refractivity contribution is 0.284. The van der Waals surface area contributed by atoms with Crippen LogP contribution in [0.2, 0.25) is 0 Å². The minimum Gasteiger partial charge on any atom is -0.493 e. The first-order chi connectivity index (χ1) is 8.68. The van der Waals surface area contributed by atoms with E-state index in [0.29, 0.717) is 12.3 Å². The van der Waals surface area contributed by atoms with E-state index >= 15 is 0 Å². The summed E-state index contributed by atoms with van der Waals surface area (Å²) in [5, 5.41) is 0.974. The second-order valence-electron chi connectivity index (χ2n) is 4.56. The van der Waals surface area contributed by atoms with Gasteiger partial charge in [0.15, 0.2) is 0 Å². The van der Waals surface area contributed by atoms with Crippen molar-refractivity contribution in [2.24, 2.45) is 0 Å². The molecule has 0 saturated carbocycles. The Labute approximate surface area is 107 Å². The number of nitrogens with zero attached hydrogens (tertiary/aromatic N) is 2. The van der Waals surface area contributed by atoms with Gasteiger partial charge in [0.05, 0.1) is 17.8 Å². The molecule has 96 valence electrons. The van der Waals surface area contributed by atoms with E-state index in [9.17, 15) is 0 Å². The standard InChI is InChI=1S/C14H19N3O/c1-17(2)9-4-10-18-13-7-6-12(15)14-11(13)5-3-8-16-14/h3,5-8H,4,9-10,15H2,1-2H3. The van der Waals surface area contributed by atoms with Crippen molar-refractivity contribution in [2.75, 3.05) is 33.0 Å². The Hall–Kier alpha value is -1.81. The van der Waals surface area contributed by atoms with Crippen molar-refractivity contribution in [1.29, 1.82) is 0 Å². The molecule has 2 aromatic rings. The fourth-order valence-corrected chi connectivity index (χ4v) is 1.86. The molecule has 0 fully saturated rings. The lowest BCUT2D eigenvalue weighted by Crippen LogP contribution is -2.15. The SMILES string of the molecule is CN(C)CCCOc1ccc(N)c2ncccc12. The number of benzene rings is 1. The zero-order valence-corrected chi connectivity index (χ0v) is 10.9. The van der Waals surface area contributed by atoms with Crippen LogP contribution >= 0.6 is 0 Å². The zero-order valence-electron chi connectivity index (χ0n) is 10.9. The Morgan fingerprint density at radius 3 is 2.89 bits per heavy atom. The summed E-state index contributed by atoms with van der Waals surface area (Å²) >= 11 is 0. The van der Waals surface area contributed by atoms with Crippen LogP contribution in [0.3, 0.4) is 0 Å². The van der Waals surface area contributed by atoms with Gasteiger partial charge in [-0.05, 0) is 44.8 Å². The highest BCUT2D eigenvalue weighted by atomic mass is 16.5. The van der Waals surface area contributed by atoms with Crippen LogP contribution in [0.4, 0.5) is 5.69 Å². The summed E-state index contributed by atoms with van der Waals surface area (Å²) in [5.74, 6) is 0.853. The number of nitrogens with two attached hydrogens (primary N) is 1. The Morgan fingerprint density at radius 1 is 1.28 bits per heavy atom. The zero-order chi connectivity index (χ0) is 13.0. The van der Waals surface area contributed by atoms with Gasteiger partial charge in [-0.2, -0.15) is 0 Å². The Kier molecular flexibility index (Phi) is 3.99. The quantitative estimate of drug-likeness (QED) is 0.647. The molecule has 1 heterocycles. The van der Waals surface area contributed by atoms with Crippen LogP contribution in [-0.2, 0) is 0 Å². The minimum atomic E-state index is 0.686. The third-order valence-electron chi connectivity index (χ3n) is 2.77. The van der Waals surface area contributed by atoms with Crippen molar-refractivity contribution in [2.45, 2.75) is 6.42 Å². The van der Waals surface area contributed by atoms with Crippen LogP contribution in [0.1, 0.15) is 6.42 Å². The first kappa shape index (κ1) is 12.6. The van der Waals surface area contributed by atoms with Crippen LogP contribution in [0, 0.1) is 0 Å². The monoisotopic (exact) mass is 245 g/mol. The summed E-state index contributed by atoms with van der Waals surface area (Å²) < 4.78 is 5.80. The number of nitrogen functional groups attached to an aromatic ring is 1. The molecule has 1 aromatic carbocycles. The number of hydrogen-bond acceptors (Lipinski definition) is 4. The van der Waals surface area contributed by atoms with Crippen LogP contribution in [0.25, 0.3) is 10.9 Å². The molecule has 0 aliphatic heterocycles. The molecule has 0 saturated heterocycles. The molecule has 4 heteroatoms. The third-order valence-corrected chi connectivity index (χ3v) is 2.77. The van der Waals surface area contributed by atoms with Gasteiger partial charge >= 0.3 is 0 Å². The maximum atomic E-state index is 5.89. The molecule has 0 atom stereocenters. The van der Waals surface area contributed by atoms with E-state index in [-0.39, 0.29) is 0 Å². The van der Waals surface area contributed by atoms with Gasteiger partial charge in [0.1, 0.15) is 5.75 Å². The van der Waals surface area contributed by atoms with Crippen molar-refractivity contribution >= 4 is 16.6 Å². The number of hydrogen-bond donors (Lipinski definition) is 1. The Bertz CT molecular complexity index is 525. The van der Waals surface area contributed by atoms with E-state index < -0.39 is 0 Å². The van der Waals surface area contributed by atoms with Gasteiger partial charge in [-0.25, -0.2) is 0 Å². The smallest absolute Gasteiger partial charge is 0.128 e. The van der Waals surface area contributed by atoms with Crippen molar-refractivity contribution in [3.63, 3.8) is 0 Å². The highest BCUT2D eigenvalue weighted by Gasteiger charge is 2.05. The average molecular weight is 245 g/mol. The highest BCUT2D eigenvalue weighted by molar-refractivity contribution is 5.93. The molecule has 0 bridgehead atoms. The number of pyridine rings is 1. The maximum Gasteiger partial charge on any atom is 0.128 e. The van der Waals surface area contributed by atoms with Crippen LogP contribution in [-0.4, -0.2) is 37.1 Å². The van der Waals surface area contributed by atoms with E-state index in [0.717, 1.165) is 29.6 Å². The molecule has 0 aliphatic rings. The number of ether oxygens (including phenoxy) is 1. The van der Waals surface area contributed by atoms with E-state index in [2.05, 4.69) is 24.0 Å². The molecule has 4 nitrogen and oxygen atoms in total. The molecule has 0 aliphatic carbocycles. The first-order valence-electron chi connectivity index (χ1n) is 6.09. The molecule has 2 rings (SSSR count). The number of aromatic nitrogens is 1. The molecule has 0 amide bonds. The molecule has 1 aromatic heterocycles. The average Bonchev–Trinajstić information content (AvgIpc) is 2.37. The summed E-state index contributed by atoms with van der Waals surface area (Å²) in [4.78, 5) is 6.43. The summed E-state index contributed by atoms with van der Waals surface area (Å²) in [6.07, 6.45) is 2.74. The molecule has 0 unspecified atom stereocenters. The van der Waals surface area contributed by atoms with Gasteiger partial charge in [0, 0.05) is 18.1 Å². The normalized spacial score (nSPS) is 11.1. The van der Waals surface area contributed by atoms with Crippen molar-refractivity contribution in [3.05, 3.63) is 30.5 Å². The molecular formula is C14H19N3O. The Morgan fingerprint density at radius 2 is 2.11 bits per heavy atom. The van der Waals surface area contributed by atoms with Gasteiger partial charge in [0.25, 0.3) is 0 Å². The summed E-state index contributed by atoms with van der Waals surface area (Å²) in [5.41, 5.74) is 7.39. The van der Waals surface area contributed by atoms with Gasteiger partial charge in [-0.1, -0.05) is 0 Å². The molecular weight excluding hydrogens is 226 g/mol. The fourth-order valence-electron chi connectivity index (χ4n) is 1.86. The predicted molar refractivity (Wildman–Crippen MR) is 74.8 cm³/mol. The summed E-state index contributed by atoms with van der Waals surface area (Å²) in [6.45, 7) is 1.72. The predicted octanol–water partition coefficient (Wildman–Crippen LogP) is 2.15. The van der Waals surface area contributed by atoms with E-state index in [4.69, 9.17) is 10.5 Å². The van der Waals surface area contributed by atoms with Crippen LogP contribution in [0.15, 0.2) is 30.5 Å². The minimum absolute atomic E-state index is 0.686. The highest BCUT2D eigenvalue weighted by Crippen LogP contribution is 2.28. The largest absolute Gasteiger partial charge is 0.493 e. The molecule has 2 N–H and O–H groups in total. The number of fused-ring (bicyclic) bond motifs is 1. The van der Waals surface area contributed by atoms with Crippen LogP contribution < -0.4 is 10.5 Å². The van der Waals surface area contributed by atoms with Crippen molar-refractivity contribution in [1.82, 2.24) is 9.88 Å². The number of rotatable bonds is 5. The van der Waals surface area contributed by atoms with Crippen LogP contribution in [0.5, 0.6) is 5.75 Å². The van der Waals surface area contributed by atoms with Gasteiger partial charge in [-0.3, -0.25) is 4.98 Å². The van der Waals surface area contributed by atoms with E-state index in [1.807, 2.05) is 24.3 Å². The second-order valence-corrected chi connectivity index (χ2v) is 4.56. The van der Waals surface area contributed by atoms with Gasteiger partial charge < -0.3 is 15.4 Å². The summed E-state index contributed by atoms with van der Waals surface area (Å²) in [6, 6.07) is 7.64. The third kappa shape index (κ3) is 2.90. The lowest BCUT2D eigenvalue weighted by Gasteiger charge is -2.12. The maximum absolute atomic E-state index is 5.89. The first-order valence-corrected chi connectivity index (χ1v) is 6.09. The molecule has 0 radical (unpaired) electrons. The second kappa shape index (κ2) is 5.69. The lowest BCUT2D eigenvalue weighted by atomic mass is 10.2. The molecule has 18 heavy (non-hydrogen) atoms. The molecule has 0 spiro atoms. The summed E-state index contributed by atoms with van der Waals surface area (Å²) in [7, 11) is 4.12. The van der Waals surface area contributed by atoms with E-state index in [1.165, 1.54) is 0 Å². The van der Waals surface area contributed by atoms with E-state index in [1.54, 1.807) is 6.20 Å². The van der Waals surface area contributed by atoms with Crippen molar-refractivity contribution < 1.29 is 4.74 Å². The van der Waals surface area contributed by atoms with Crippen molar-refractivity contribution in [3.8, 4) is 5.75 Å². The topological polar surface area (TPSA) is 51.4 Å².